The SMILES string of the molecule is Cc1noc(C)c1CSCc1cc(=O)n2ccsc2n1. The minimum atomic E-state index is -0.0239. The van der Waals surface area contributed by atoms with Crippen LogP contribution in [0, 0.1) is 13.8 Å². The zero-order chi connectivity index (χ0) is 14.1. The van der Waals surface area contributed by atoms with Crippen LogP contribution in [-0.4, -0.2) is 14.5 Å². The highest BCUT2D eigenvalue weighted by atomic mass is 32.2. The molecular weight excluding hydrogens is 294 g/mol. The molecule has 0 amide bonds. The second-order valence-electron chi connectivity index (χ2n) is 4.44. The van der Waals surface area contributed by atoms with Gasteiger partial charge in [0.2, 0.25) is 0 Å². The molecule has 20 heavy (non-hydrogen) atoms. The van der Waals surface area contributed by atoms with Crippen molar-refractivity contribution in [2.45, 2.75) is 25.4 Å². The number of hydrogen-bond acceptors (Lipinski definition) is 6. The molecule has 104 valence electrons. The van der Waals surface area contributed by atoms with Gasteiger partial charge >= 0.3 is 0 Å². The number of fused-ring (bicyclic) bond motifs is 1. The van der Waals surface area contributed by atoms with E-state index in [2.05, 4.69) is 10.1 Å². The second-order valence-corrected chi connectivity index (χ2v) is 6.30. The fourth-order valence-corrected chi connectivity index (χ4v) is 3.74. The molecule has 0 radical (unpaired) electrons. The number of hydrogen-bond donors (Lipinski definition) is 0. The van der Waals surface area contributed by atoms with Crippen molar-refractivity contribution in [3.63, 3.8) is 0 Å². The normalized spacial score (nSPS) is 11.3. The van der Waals surface area contributed by atoms with E-state index in [4.69, 9.17) is 4.52 Å². The summed E-state index contributed by atoms with van der Waals surface area (Å²) in [6.07, 6.45) is 1.75. The first-order valence-electron chi connectivity index (χ1n) is 6.10. The minimum absolute atomic E-state index is 0.0239. The van der Waals surface area contributed by atoms with Crippen molar-refractivity contribution in [3.05, 3.63) is 50.7 Å². The van der Waals surface area contributed by atoms with E-state index >= 15 is 0 Å². The van der Waals surface area contributed by atoms with E-state index in [0.717, 1.165) is 33.4 Å². The smallest absolute Gasteiger partial charge is 0.258 e. The molecule has 3 rings (SSSR count). The Balaban J connectivity index is 1.73. The van der Waals surface area contributed by atoms with Crippen LogP contribution in [0.4, 0.5) is 0 Å². The Morgan fingerprint density at radius 3 is 3.00 bits per heavy atom. The summed E-state index contributed by atoms with van der Waals surface area (Å²) in [6, 6.07) is 1.60. The number of thioether (sulfide) groups is 1. The minimum Gasteiger partial charge on any atom is -0.361 e. The Labute approximate surface area is 123 Å². The van der Waals surface area contributed by atoms with Crippen LogP contribution in [0.2, 0.25) is 0 Å². The second kappa shape index (κ2) is 5.41. The van der Waals surface area contributed by atoms with Gasteiger partial charge in [-0.05, 0) is 13.8 Å². The van der Waals surface area contributed by atoms with Crippen molar-refractivity contribution < 1.29 is 4.52 Å². The van der Waals surface area contributed by atoms with Crippen LogP contribution in [-0.2, 0) is 11.5 Å². The van der Waals surface area contributed by atoms with Crippen LogP contribution in [0.25, 0.3) is 4.96 Å². The molecule has 0 aliphatic carbocycles. The van der Waals surface area contributed by atoms with Gasteiger partial charge in [0.25, 0.3) is 5.56 Å². The zero-order valence-electron chi connectivity index (χ0n) is 11.1. The highest BCUT2D eigenvalue weighted by Crippen LogP contribution is 2.22. The van der Waals surface area contributed by atoms with Crippen molar-refractivity contribution in [3.8, 4) is 0 Å². The summed E-state index contributed by atoms with van der Waals surface area (Å²) in [5, 5.41) is 5.80. The van der Waals surface area contributed by atoms with Crippen LogP contribution in [0.15, 0.2) is 27.0 Å². The summed E-state index contributed by atoms with van der Waals surface area (Å²) >= 11 is 3.18. The third-order valence-corrected chi connectivity index (χ3v) is 4.78. The van der Waals surface area contributed by atoms with E-state index in [1.165, 1.54) is 11.3 Å². The lowest BCUT2D eigenvalue weighted by Gasteiger charge is -2.01. The molecule has 0 unspecified atom stereocenters. The van der Waals surface area contributed by atoms with Crippen molar-refractivity contribution in [1.82, 2.24) is 14.5 Å². The van der Waals surface area contributed by atoms with Gasteiger partial charge in [0.15, 0.2) is 4.96 Å². The Kier molecular flexibility index (Phi) is 3.62. The Hall–Kier alpha value is -1.60. The van der Waals surface area contributed by atoms with Gasteiger partial charge in [-0.3, -0.25) is 9.20 Å². The highest BCUT2D eigenvalue weighted by molar-refractivity contribution is 7.97. The predicted molar refractivity (Wildman–Crippen MR) is 80.3 cm³/mol. The van der Waals surface area contributed by atoms with Crippen LogP contribution < -0.4 is 5.56 Å². The average molecular weight is 307 g/mol. The lowest BCUT2D eigenvalue weighted by Crippen LogP contribution is -2.12. The molecule has 0 aliphatic heterocycles. The fourth-order valence-electron chi connectivity index (χ4n) is 1.93. The van der Waals surface area contributed by atoms with Gasteiger partial charge in [-0.15, -0.1) is 11.3 Å². The summed E-state index contributed by atoms with van der Waals surface area (Å²) < 4.78 is 6.70. The van der Waals surface area contributed by atoms with Crippen LogP contribution >= 0.6 is 23.1 Å². The quantitative estimate of drug-likeness (QED) is 0.742. The molecule has 5 nitrogen and oxygen atoms in total. The summed E-state index contributed by atoms with van der Waals surface area (Å²) in [5.41, 5.74) is 2.85. The summed E-state index contributed by atoms with van der Waals surface area (Å²) in [4.78, 5) is 17.1. The molecule has 0 spiro atoms. The van der Waals surface area contributed by atoms with Gasteiger partial charge in [0.1, 0.15) is 5.76 Å². The van der Waals surface area contributed by atoms with Gasteiger partial charge in [-0.1, -0.05) is 5.16 Å². The maximum absolute atomic E-state index is 11.9. The van der Waals surface area contributed by atoms with Crippen molar-refractivity contribution >= 4 is 28.1 Å². The standard InChI is InChI=1S/C13H13N3O2S2/c1-8-11(9(2)18-15-8)7-19-6-10-5-12(17)16-3-4-20-13(16)14-10/h3-5H,6-7H2,1-2H3. The van der Waals surface area contributed by atoms with Gasteiger partial charge in [-0.25, -0.2) is 4.98 Å². The van der Waals surface area contributed by atoms with Crippen LogP contribution in [0.5, 0.6) is 0 Å². The summed E-state index contributed by atoms with van der Waals surface area (Å²) in [7, 11) is 0. The monoisotopic (exact) mass is 307 g/mol. The molecule has 0 fully saturated rings. The predicted octanol–water partition coefficient (Wildman–Crippen LogP) is 2.79. The molecule has 0 aromatic carbocycles. The Morgan fingerprint density at radius 1 is 1.40 bits per heavy atom. The van der Waals surface area contributed by atoms with E-state index in [9.17, 15) is 4.79 Å². The third kappa shape index (κ3) is 2.51. The van der Waals surface area contributed by atoms with Gasteiger partial charge in [0, 0.05) is 34.7 Å². The molecule has 3 heterocycles. The summed E-state index contributed by atoms with van der Waals surface area (Å²) in [6.45, 7) is 3.85. The van der Waals surface area contributed by atoms with E-state index in [0.29, 0.717) is 5.75 Å². The number of aryl methyl sites for hydroxylation is 2. The molecule has 3 aromatic heterocycles. The van der Waals surface area contributed by atoms with E-state index < -0.39 is 0 Å². The first-order valence-corrected chi connectivity index (χ1v) is 8.14. The molecule has 0 saturated heterocycles. The Bertz CT molecular complexity index is 784. The largest absolute Gasteiger partial charge is 0.361 e. The molecular formula is C13H13N3O2S2. The molecule has 7 heteroatoms. The summed E-state index contributed by atoms with van der Waals surface area (Å²) in [5.74, 6) is 2.37. The number of thiazole rings is 1. The van der Waals surface area contributed by atoms with Gasteiger partial charge < -0.3 is 4.52 Å². The maximum Gasteiger partial charge on any atom is 0.258 e. The number of aromatic nitrogens is 3. The van der Waals surface area contributed by atoms with Crippen LogP contribution in [0.3, 0.4) is 0 Å². The van der Waals surface area contributed by atoms with Crippen LogP contribution in [0.1, 0.15) is 22.7 Å². The van der Waals surface area contributed by atoms with E-state index in [1.54, 1.807) is 28.4 Å². The van der Waals surface area contributed by atoms with Crippen molar-refractivity contribution in [2.24, 2.45) is 0 Å². The average Bonchev–Trinajstić information content (AvgIpc) is 3.00. The lowest BCUT2D eigenvalue weighted by molar-refractivity contribution is 0.392. The first kappa shape index (κ1) is 13.4. The molecule has 3 aromatic rings. The third-order valence-electron chi connectivity index (χ3n) is 3.03. The highest BCUT2D eigenvalue weighted by Gasteiger charge is 2.09. The number of rotatable bonds is 4. The van der Waals surface area contributed by atoms with Gasteiger partial charge in [0.05, 0.1) is 11.4 Å². The fraction of sp³-hybridized carbons (Fsp3) is 0.308. The van der Waals surface area contributed by atoms with Gasteiger partial charge in [-0.2, -0.15) is 11.8 Å². The van der Waals surface area contributed by atoms with E-state index in [1.807, 2.05) is 19.2 Å². The molecule has 0 saturated carbocycles. The maximum atomic E-state index is 11.9. The molecule has 0 atom stereocenters. The lowest BCUT2D eigenvalue weighted by atomic mass is 10.2. The molecule has 0 bridgehead atoms. The van der Waals surface area contributed by atoms with E-state index in [-0.39, 0.29) is 5.56 Å². The van der Waals surface area contributed by atoms with Crippen molar-refractivity contribution in [1.29, 1.82) is 0 Å². The Morgan fingerprint density at radius 2 is 2.25 bits per heavy atom. The first-order chi connectivity index (χ1) is 9.65. The number of nitrogens with zero attached hydrogens (tertiary/aromatic N) is 3. The topological polar surface area (TPSA) is 60.4 Å². The molecule has 0 aliphatic rings. The zero-order valence-corrected chi connectivity index (χ0v) is 12.8. The molecule has 0 N–H and O–H groups in total. The van der Waals surface area contributed by atoms with Crippen molar-refractivity contribution in [2.75, 3.05) is 0 Å².